The first-order valence-corrected chi connectivity index (χ1v) is 19.7. The molecule has 5 heterocycles. The molecule has 0 saturated carbocycles. The van der Waals surface area contributed by atoms with Gasteiger partial charge in [-0.2, -0.15) is 0 Å². The summed E-state index contributed by atoms with van der Waals surface area (Å²) >= 11 is 0. The highest BCUT2D eigenvalue weighted by atomic mass is 16.6. The Hall–Kier alpha value is -5.58. The van der Waals surface area contributed by atoms with Crippen molar-refractivity contribution in [2.24, 2.45) is 4.99 Å². The van der Waals surface area contributed by atoms with Gasteiger partial charge in [0.15, 0.2) is 0 Å². The van der Waals surface area contributed by atoms with Crippen LogP contribution in [0.2, 0.25) is 0 Å². The summed E-state index contributed by atoms with van der Waals surface area (Å²) in [6, 6.07) is 20.4. The van der Waals surface area contributed by atoms with Crippen LogP contribution in [0.3, 0.4) is 0 Å². The number of likely N-dealkylation sites (tertiary alicyclic amines) is 2. The highest BCUT2D eigenvalue weighted by Gasteiger charge is 2.37. The number of amides is 2. The van der Waals surface area contributed by atoms with Crippen molar-refractivity contribution in [3.05, 3.63) is 95.6 Å². The van der Waals surface area contributed by atoms with Crippen LogP contribution in [-0.4, -0.2) is 68.0 Å². The Morgan fingerprint density at radius 2 is 1.30 bits per heavy atom. The number of aromatic nitrogens is 2. The highest BCUT2D eigenvalue weighted by molar-refractivity contribution is 6.03. The number of nitrogens with one attached hydrogen (secondary N) is 1. The normalized spacial score (nSPS) is 19.5. The molecule has 2 atom stereocenters. The number of hydrogen-bond donors (Lipinski definition) is 1. The molecule has 2 fully saturated rings. The Bertz CT molecular complexity index is 2210. The number of H-pyrrole nitrogens is 1. The van der Waals surface area contributed by atoms with Crippen molar-refractivity contribution in [1.29, 1.82) is 0 Å². The van der Waals surface area contributed by atoms with E-state index in [1.54, 1.807) is 4.90 Å². The topological polar surface area (TPSA) is 119 Å². The number of rotatable bonds is 4. The fourth-order valence-electron chi connectivity index (χ4n) is 7.97. The number of carbonyl (C=O) groups excluding carboxylic acids is 2. The summed E-state index contributed by atoms with van der Waals surface area (Å²) in [7, 11) is 0. The number of imidazole rings is 1. The number of nitrogens with zero attached hydrogens (tertiary/aromatic N) is 4. The number of ether oxygens (including phenoxy) is 4. The van der Waals surface area contributed by atoms with Crippen molar-refractivity contribution in [3.63, 3.8) is 0 Å². The fourth-order valence-corrected chi connectivity index (χ4v) is 7.97. The molecular formula is C45H51N5O6. The minimum Gasteiger partial charge on any atom is -0.488 e. The van der Waals surface area contributed by atoms with Gasteiger partial charge in [0.1, 0.15) is 41.7 Å². The Morgan fingerprint density at radius 3 is 1.91 bits per heavy atom. The summed E-state index contributed by atoms with van der Waals surface area (Å²) in [6.45, 7) is 13.4. The van der Waals surface area contributed by atoms with Crippen LogP contribution in [0.4, 0.5) is 9.59 Å². The average molecular weight is 758 g/mol. The standard InChI is InChI=1S/C45H51N5O6/c1-44(2,3)55-42(51)49-19-9-13-37(49)35-21-32(24-46-35)28-15-17-33-34-18-16-29(23-40(34)54-27-31-12-8-7-11-30(31)26-53-39(33)22-28)36-25-47-41(48-36)38-14-10-20-50(38)43(52)56-45(4,5)6/h7-8,11-12,15-18,22-25,37-38H,9-10,13-14,19-21,26-27H2,1-6H3,(H,47,48)/t37-,38-/m0/s1. The van der Waals surface area contributed by atoms with Crippen LogP contribution >= 0.6 is 0 Å². The molecule has 1 aromatic heterocycles. The SMILES string of the molecule is CC(C)(C)OC(=O)N1CCC[C@H]1C1=NC=C(c2ccc3c(c2)OCc2ccccc2COc2cc(-c4cnc([C@@H]5CCCN5C(=O)OC(C)(C)C)[nH]4)ccc2-3)C1. The molecule has 3 aromatic carbocycles. The summed E-state index contributed by atoms with van der Waals surface area (Å²) < 4.78 is 24.7. The van der Waals surface area contributed by atoms with Crippen LogP contribution in [-0.2, 0) is 22.7 Å². The second kappa shape index (κ2) is 14.8. The average Bonchev–Trinajstić information content (AvgIpc) is 3.98. The summed E-state index contributed by atoms with van der Waals surface area (Å²) in [5, 5.41) is 0. The zero-order valence-corrected chi connectivity index (χ0v) is 33.2. The van der Waals surface area contributed by atoms with Crippen LogP contribution in [0.1, 0.15) is 102 Å². The molecule has 11 nitrogen and oxygen atoms in total. The molecule has 1 N–H and O–H groups in total. The molecule has 0 radical (unpaired) electrons. The number of benzene rings is 3. The van der Waals surface area contributed by atoms with Gasteiger partial charge in [0, 0.05) is 48.1 Å². The predicted molar refractivity (Wildman–Crippen MR) is 215 cm³/mol. The number of aromatic amines is 1. The second-order valence-corrected chi connectivity index (χ2v) is 17.1. The zero-order chi connectivity index (χ0) is 39.2. The molecule has 8 rings (SSSR count). The molecule has 2 saturated heterocycles. The lowest BCUT2D eigenvalue weighted by molar-refractivity contribution is 0.0216. The lowest BCUT2D eigenvalue weighted by Gasteiger charge is -2.28. The number of carbonyl (C=O) groups is 2. The van der Waals surface area contributed by atoms with Gasteiger partial charge in [-0.1, -0.05) is 36.4 Å². The zero-order valence-electron chi connectivity index (χ0n) is 33.2. The molecule has 56 heavy (non-hydrogen) atoms. The van der Waals surface area contributed by atoms with E-state index in [9.17, 15) is 9.59 Å². The second-order valence-electron chi connectivity index (χ2n) is 17.1. The molecule has 4 aliphatic rings. The van der Waals surface area contributed by atoms with Crippen LogP contribution in [0.25, 0.3) is 28.0 Å². The summed E-state index contributed by atoms with van der Waals surface area (Å²) in [5.74, 6) is 2.21. The third-order valence-corrected chi connectivity index (χ3v) is 10.6. The van der Waals surface area contributed by atoms with E-state index in [1.165, 1.54) is 0 Å². The number of fused-ring (bicyclic) bond motifs is 4. The Balaban J connectivity index is 1.07. The number of aliphatic imine (C=N–C) groups is 1. The largest absolute Gasteiger partial charge is 0.488 e. The third kappa shape index (κ3) is 7.90. The van der Waals surface area contributed by atoms with E-state index in [0.717, 1.165) is 93.4 Å². The fraction of sp³-hybridized carbons (Fsp3) is 0.422. The summed E-state index contributed by atoms with van der Waals surface area (Å²) in [5.41, 5.74) is 7.66. The van der Waals surface area contributed by atoms with Crippen molar-refractivity contribution in [1.82, 2.24) is 19.8 Å². The number of allylic oxidation sites excluding steroid dienone is 1. The molecule has 0 bridgehead atoms. The van der Waals surface area contributed by atoms with E-state index >= 15 is 0 Å². The van der Waals surface area contributed by atoms with Crippen LogP contribution in [0.5, 0.6) is 11.5 Å². The lowest BCUT2D eigenvalue weighted by Crippen LogP contribution is -2.43. The van der Waals surface area contributed by atoms with E-state index in [4.69, 9.17) is 28.9 Å². The van der Waals surface area contributed by atoms with Crippen molar-refractivity contribution >= 4 is 23.5 Å². The summed E-state index contributed by atoms with van der Waals surface area (Å²) in [6.07, 6.45) is 7.29. The molecule has 2 amide bonds. The Kier molecular flexibility index (Phi) is 9.88. The molecule has 11 heteroatoms. The van der Waals surface area contributed by atoms with E-state index < -0.39 is 11.2 Å². The van der Waals surface area contributed by atoms with Crippen molar-refractivity contribution in [2.45, 2.75) is 110 Å². The quantitative estimate of drug-likeness (QED) is 0.220. The minimum atomic E-state index is -0.573. The third-order valence-electron chi connectivity index (χ3n) is 10.6. The maximum atomic E-state index is 13.1. The molecule has 0 unspecified atom stereocenters. The van der Waals surface area contributed by atoms with E-state index in [2.05, 4.69) is 47.4 Å². The van der Waals surface area contributed by atoms with Crippen LogP contribution in [0.15, 0.2) is 78.1 Å². The van der Waals surface area contributed by atoms with Crippen molar-refractivity contribution < 1.29 is 28.5 Å². The van der Waals surface area contributed by atoms with Gasteiger partial charge in [-0.15, -0.1) is 0 Å². The Morgan fingerprint density at radius 1 is 0.750 bits per heavy atom. The van der Waals surface area contributed by atoms with Gasteiger partial charge < -0.3 is 23.9 Å². The van der Waals surface area contributed by atoms with Gasteiger partial charge in [0.2, 0.25) is 0 Å². The van der Waals surface area contributed by atoms with E-state index in [0.29, 0.717) is 32.7 Å². The first-order valence-electron chi connectivity index (χ1n) is 19.7. The van der Waals surface area contributed by atoms with Gasteiger partial charge in [-0.25, -0.2) is 14.6 Å². The maximum Gasteiger partial charge on any atom is 0.410 e. The van der Waals surface area contributed by atoms with E-state index in [-0.39, 0.29) is 24.3 Å². The molecule has 0 aliphatic carbocycles. The molecule has 0 spiro atoms. The minimum absolute atomic E-state index is 0.0748. The van der Waals surface area contributed by atoms with Crippen LogP contribution < -0.4 is 9.47 Å². The number of hydrogen-bond acceptors (Lipinski definition) is 8. The van der Waals surface area contributed by atoms with E-state index in [1.807, 2.05) is 77.0 Å². The van der Waals surface area contributed by atoms with Crippen molar-refractivity contribution in [3.8, 4) is 33.9 Å². The summed E-state index contributed by atoms with van der Waals surface area (Å²) in [4.78, 5) is 42.8. The van der Waals surface area contributed by atoms with Gasteiger partial charge in [0.25, 0.3) is 0 Å². The molecule has 4 aromatic rings. The lowest BCUT2D eigenvalue weighted by atomic mass is 9.94. The van der Waals surface area contributed by atoms with Gasteiger partial charge >= 0.3 is 12.2 Å². The monoisotopic (exact) mass is 757 g/mol. The predicted octanol–water partition coefficient (Wildman–Crippen LogP) is 9.87. The van der Waals surface area contributed by atoms with Crippen molar-refractivity contribution in [2.75, 3.05) is 13.1 Å². The Labute approximate surface area is 328 Å². The molecule has 4 aliphatic heterocycles. The molecule has 292 valence electrons. The van der Waals surface area contributed by atoms with Gasteiger partial charge in [0.05, 0.1) is 24.0 Å². The molecular weight excluding hydrogens is 707 g/mol. The highest BCUT2D eigenvalue weighted by Crippen LogP contribution is 2.43. The first-order chi connectivity index (χ1) is 26.8. The first kappa shape index (κ1) is 37.3. The van der Waals surface area contributed by atoms with Gasteiger partial charge in [-0.05, 0) is 114 Å². The smallest absolute Gasteiger partial charge is 0.410 e. The maximum absolute atomic E-state index is 13.1. The van der Waals surface area contributed by atoms with Gasteiger partial charge in [-0.3, -0.25) is 14.8 Å². The van der Waals surface area contributed by atoms with Crippen LogP contribution in [0, 0.1) is 0 Å².